The molecular weight excluding hydrogens is 425 g/mol. The van der Waals surface area contributed by atoms with Crippen LogP contribution in [-0.2, 0) is 14.4 Å². The molecule has 1 aliphatic heterocycles. The van der Waals surface area contributed by atoms with E-state index in [9.17, 15) is 18.8 Å². The second-order valence-electron chi connectivity index (χ2n) is 7.28. The Morgan fingerprint density at radius 3 is 2.03 bits per heavy atom. The molecule has 0 fully saturated rings. The van der Waals surface area contributed by atoms with Crippen LogP contribution in [0.3, 0.4) is 0 Å². The first-order valence-electron chi connectivity index (χ1n) is 10.0. The van der Waals surface area contributed by atoms with E-state index in [0.717, 1.165) is 4.90 Å². The summed E-state index contributed by atoms with van der Waals surface area (Å²) in [4.78, 5) is 38.9. The van der Waals surface area contributed by atoms with E-state index < -0.39 is 17.6 Å². The van der Waals surface area contributed by atoms with Gasteiger partial charge >= 0.3 is 0 Å². The number of halogens is 1. The van der Waals surface area contributed by atoms with Crippen molar-refractivity contribution in [1.82, 2.24) is 0 Å². The van der Waals surface area contributed by atoms with Crippen LogP contribution in [0, 0.1) is 5.82 Å². The molecule has 1 heterocycles. The van der Waals surface area contributed by atoms with Crippen molar-refractivity contribution in [3.8, 4) is 5.75 Å². The Morgan fingerprint density at radius 2 is 1.45 bits per heavy atom. The standard InChI is InChI=1S/C25H20FN3O4/c1-15(30)27-18-7-9-19(10-8-18)28-23-22(16-3-13-21(33-2)14-4-16)24(31)29(25(23)32)20-11-5-17(26)6-12-20/h3-14,28H,1-2H3,(H,27,30). The van der Waals surface area contributed by atoms with Gasteiger partial charge in [0, 0.05) is 18.3 Å². The third-order valence-electron chi connectivity index (χ3n) is 5.02. The van der Waals surface area contributed by atoms with Crippen molar-refractivity contribution in [2.45, 2.75) is 6.92 Å². The molecular formula is C25H20FN3O4. The fourth-order valence-electron chi connectivity index (χ4n) is 3.48. The summed E-state index contributed by atoms with van der Waals surface area (Å²) in [6.45, 7) is 1.41. The van der Waals surface area contributed by atoms with Crippen molar-refractivity contribution in [2.24, 2.45) is 0 Å². The van der Waals surface area contributed by atoms with Gasteiger partial charge in [0.25, 0.3) is 11.8 Å². The summed E-state index contributed by atoms with van der Waals surface area (Å²) >= 11 is 0. The van der Waals surface area contributed by atoms with Crippen LogP contribution in [0.15, 0.2) is 78.5 Å². The molecule has 0 saturated carbocycles. The van der Waals surface area contributed by atoms with Crippen LogP contribution in [0.2, 0.25) is 0 Å². The number of ether oxygens (including phenoxy) is 1. The van der Waals surface area contributed by atoms with E-state index in [1.807, 2.05) is 0 Å². The highest BCUT2D eigenvalue weighted by Crippen LogP contribution is 2.34. The number of nitrogens with zero attached hydrogens (tertiary/aromatic N) is 1. The van der Waals surface area contributed by atoms with E-state index in [4.69, 9.17) is 4.74 Å². The fraction of sp³-hybridized carbons (Fsp3) is 0.0800. The number of imide groups is 1. The van der Waals surface area contributed by atoms with Crippen molar-refractivity contribution >= 4 is 40.4 Å². The normalized spacial score (nSPS) is 13.4. The summed E-state index contributed by atoms with van der Waals surface area (Å²) in [5.74, 6) is -1.17. The van der Waals surface area contributed by atoms with E-state index in [0.29, 0.717) is 22.7 Å². The van der Waals surface area contributed by atoms with Gasteiger partial charge in [0.15, 0.2) is 0 Å². The molecule has 3 amide bonds. The molecule has 0 atom stereocenters. The lowest BCUT2D eigenvalue weighted by Gasteiger charge is -2.15. The average molecular weight is 445 g/mol. The number of rotatable bonds is 6. The summed E-state index contributed by atoms with van der Waals surface area (Å²) in [7, 11) is 1.53. The van der Waals surface area contributed by atoms with Crippen LogP contribution in [0.25, 0.3) is 5.57 Å². The molecule has 0 spiro atoms. The number of carbonyl (C=O) groups excluding carboxylic acids is 3. The van der Waals surface area contributed by atoms with Crippen LogP contribution in [0.4, 0.5) is 21.5 Å². The molecule has 2 N–H and O–H groups in total. The number of carbonyl (C=O) groups is 3. The Labute approximate surface area is 189 Å². The predicted octanol–water partition coefficient (Wildman–Crippen LogP) is 4.19. The molecule has 4 rings (SSSR count). The molecule has 0 unspecified atom stereocenters. The Balaban J connectivity index is 1.74. The lowest BCUT2D eigenvalue weighted by Crippen LogP contribution is -2.32. The molecule has 0 bridgehead atoms. The number of benzene rings is 3. The molecule has 7 nitrogen and oxygen atoms in total. The maximum absolute atomic E-state index is 13.4. The van der Waals surface area contributed by atoms with E-state index >= 15 is 0 Å². The van der Waals surface area contributed by atoms with Crippen LogP contribution < -0.4 is 20.3 Å². The van der Waals surface area contributed by atoms with E-state index in [1.165, 1.54) is 38.3 Å². The minimum Gasteiger partial charge on any atom is -0.497 e. The number of hydrogen-bond donors (Lipinski definition) is 2. The third-order valence-corrected chi connectivity index (χ3v) is 5.02. The van der Waals surface area contributed by atoms with Gasteiger partial charge in [0.2, 0.25) is 5.91 Å². The van der Waals surface area contributed by atoms with Gasteiger partial charge in [-0.25, -0.2) is 9.29 Å². The lowest BCUT2D eigenvalue weighted by molar-refractivity contribution is -0.120. The zero-order chi connectivity index (χ0) is 23.5. The van der Waals surface area contributed by atoms with Gasteiger partial charge < -0.3 is 15.4 Å². The highest BCUT2D eigenvalue weighted by molar-refractivity contribution is 6.46. The molecule has 0 aromatic heterocycles. The van der Waals surface area contributed by atoms with E-state index in [1.54, 1.807) is 48.5 Å². The quantitative estimate of drug-likeness (QED) is 0.556. The first kappa shape index (κ1) is 21.8. The molecule has 0 radical (unpaired) electrons. The van der Waals surface area contributed by atoms with Gasteiger partial charge in [0.1, 0.15) is 17.3 Å². The Morgan fingerprint density at radius 1 is 0.848 bits per heavy atom. The number of amides is 3. The van der Waals surface area contributed by atoms with Gasteiger partial charge in [-0.3, -0.25) is 14.4 Å². The lowest BCUT2D eigenvalue weighted by atomic mass is 10.0. The monoisotopic (exact) mass is 445 g/mol. The second-order valence-corrected chi connectivity index (χ2v) is 7.28. The summed E-state index contributed by atoms with van der Waals surface area (Å²) in [5, 5.41) is 5.71. The summed E-state index contributed by atoms with van der Waals surface area (Å²) in [6, 6.07) is 18.6. The first-order chi connectivity index (χ1) is 15.9. The second kappa shape index (κ2) is 8.96. The Kier molecular flexibility index (Phi) is 5.91. The van der Waals surface area contributed by atoms with Crippen molar-refractivity contribution in [1.29, 1.82) is 0 Å². The van der Waals surface area contributed by atoms with Gasteiger partial charge in [-0.2, -0.15) is 0 Å². The van der Waals surface area contributed by atoms with Crippen molar-refractivity contribution in [2.75, 3.05) is 22.6 Å². The van der Waals surface area contributed by atoms with Gasteiger partial charge in [-0.15, -0.1) is 0 Å². The Hall–Kier alpha value is -4.46. The SMILES string of the molecule is COc1ccc(C2=C(Nc3ccc(NC(C)=O)cc3)C(=O)N(c3ccc(F)cc3)C2=O)cc1. The maximum Gasteiger partial charge on any atom is 0.282 e. The summed E-state index contributed by atoms with van der Waals surface area (Å²) < 4.78 is 18.6. The number of nitrogens with one attached hydrogen (secondary N) is 2. The van der Waals surface area contributed by atoms with Crippen LogP contribution in [0.1, 0.15) is 12.5 Å². The zero-order valence-corrected chi connectivity index (χ0v) is 17.9. The smallest absolute Gasteiger partial charge is 0.282 e. The van der Waals surface area contributed by atoms with Gasteiger partial charge in [-0.1, -0.05) is 12.1 Å². The van der Waals surface area contributed by atoms with Crippen molar-refractivity contribution < 1.29 is 23.5 Å². The predicted molar refractivity (Wildman–Crippen MR) is 123 cm³/mol. The van der Waals surface area contributed by atoms with Crippen molar-refractivity contribution in [3.63, 3.8) is 0 Å². The van der Waals surface area contributed by atoms with Gasteiger partial charge in [0.05, 0.1) is 18.4 Å². The molecule has 33 heavy (non-hydrogen) atoms. The minimum atomic E-state index is -0.566. The maximum atomic E-state index is 13.4. The number of hydrogen-bond acceptors (Lipinski definition) is 5. The first-order valence-corrected chi connectivity index (χ1v) is 10.0. The van der Waals surface area contributed by atoms with Crippen molar-refractivity contribution in [3.05, 3.63) is 89.9 Å². The molecule has 3 aromatic carbocycles. The number of anilines is 3. The average Bonchev–Trinajstić information content (AvgIpc) is 3.05. The fourth-order valence-corrected chi connectivity index (χ4v) is 3.48. The Bertz CT molecular complexity index is 1250. The number of methoxy groups -OCH3 is 1. The van der Waals surface area contributed by atoms with E-state index in [-0.39, 0.29) is 22.9 Å². The van der Waals surface area contributed by atoms with Gasteiger partial charge in [-0.05, 0) is 66.2 Å². The molecule has 3 aromatic rings. The highest BCUT2D eigenvalue weighted by atomic mass is 19.1. The minimum absolute atomic E-state index is 0.0850. The third kappa shape index (κ3) is 4.45. The molecule has 166 valence electrons. The molecule has 0 saturated heterocycles. The van der Waals surface area contributed by atoms with Crippen LogP contribution in [0.5, 0.6) is 5.75 Å². The topological polar surface area (TPSA) is 87.7 Å². The highest BCUT2D eigenvalue weighted by Gasteiger charge is 2.40. The summed E-state index contributed by atoms with van der Waals surface area (Å²) in [5.41, 5.74) is 2.19. The molecule has 8 heteroatoms. The van der Waals surface area contributed by atoms with Crippen LogP contribution >= 0.6 is 0 Å². The largest absolute Gasteiger partial charge is 0.497 e. The zero-order valence-electron chi connectivity index (χ0n) is 17.9. The molecule has 1 aliphatic rings. The summed E-state index contributed by atoms with van der Waals surface area (Å²) in [6.07, 6.45) is 0. The molecule has 0 aliphatic carbocycles. The van der Waals surface area contributed by atoms with E-state index in [2.05, 4.69) is 10.6 Å². The van der Waals surface area contributed by atoms with Crippen LogP contribution in [-0.4, -0.2) is 24.8 Å².